The van der Waals surface area contributed by atoms with E-state index in [4.69, 9.17) is 10.2 Å². The Hall–Kier alpha value is -0.960. The summed E-state index contributed by atoms with van der Waals surface area (Å²) in [6, 6.07) is 1.29. The van der Waals surface area contributed by atoms with Crippen LogP contribution in [0.2, 0.25) is 0 Å². The van der Waals surface area contributed by atoms with E-state index >= 15 is 0 Å². The highest BCUT2D eigenvalue weighted by Gasteiger charge is 2.26. The fraction of sp³-hybridized carbons (Fsp3) is 0.583. The van der Waals surface area contributed by atoms with Crippen LogP contribution in [0.3, 0.4) is 0 Å². The van der Waals surface area contributed by atoms with Crippen molar-refractivity contribution in [3.8, 4) is 0 Å². The number of nitrogens with one attached hydrogen (secondary N) is 1. The number of carbonyl (C=O) groups is 1. The van der Waals surface area contributed by atoms with Gasteiger partial charge in [0.05, 0.1) is 0 Å². The minimum atomic E-state index is -3.83. The molecule has 0 aliphatic rings. The molecule has 0 unspecified atom stereocenters. The Morgan fingerprint density at radius 2 is 2.10 bits per heavy atom. The zero-order valence-electron chi connectivity index (χ0n) is 11.4. The molecule has 1 rings (SSSR count). The third-order valence-corrected chi connectivity index (χ3v) is 5.34. The Morgan fingerprint density at radius 3 is 2.65 bits per heavy atom. The summed E-state index contributed by atoms with van der Waals surface area (Å²) >= 11 is 0.880. The lowest BCUT2D eigenvalue weighted by molar-refractivity contribution is 0.0698. The van der Waals surface area contributed by atoms with E-state index in [1.807, 2.05) is 13.8 Å². The molecular weight excluding hydrogens is 302 g/mol. The number of hydrogen-bond donors (Lipinski definition) is 3. The summed E-state index contributed by atoms with van der Waals surface area (Å²) in [6.45, 7) is 4.02. The first-order valence-corrected chi connectivity index (χ1v) is 8.47. The molecular formula is C12H19NO5S2. The number of carboxylic acid groups (broad SMARTS) is 1. The van der Waals surface area contributed by atoms with Crippen molar-refractivity contribution in [1.29, 1.82) is 0 Å². The third kappa shape index (κ3) is 4.55. The first-order valence-electron chi connectivity index (χ1n) is 6.11. The minimum Gasteiger partial charge on any atom is -0.477 e. The quantitative estimate of drug-likeness (QED) is 0.673. The minimum absolute atomic E-state index is 0.0594. The average molecular weight is 321 g/mol. The summed E-state index contributed by atoms with van der Waals surface area (Å²) in [5.41, 5.74) is -0.310. The van der Waals surface area contributed by atoms with Crippen LogP contribution in [0, 0.1) is 5.41 Å². The van der Waals surface area contributed by atoms with Crippen molar-refractivity contribution >= 4 is 27.3 Å². The summed E-state index contributed by atoms with van der Waals surface area (Å²) < 4.78 is 26.7. The monoisotopic (exact) mass is 321 g/mol. The molecule has 114 valence electrons. The van der Waals surface area contributed by atoms with E-state index < -0.39 is 16.0 Å². The highest BCUT2D eigenvalue weighted by atomic mass is 32.2. The Bertz CT molecular complexity index is 562. The van der Waals surface area contributed by atoms with Gasteiger partial charge in [0.2, 0.25) is 10.0 Å². The maximum atomic E-state index is 12.1. The van der Waals surface area contributed by atoms with Gasteiger partial charge in [-0.15, -0.1) is 11.3 Å². The Morgan fingerprint density at radius 1 is 1.45 bits per heavy atom. The number of aliphatic hydroxyl groups excluding tert-OH is 1. The van der Waals surface area contributed by atoms with Gasteiger partial charge in [-0.25, -0.2) is 17.9 Å². The van der Waals surface area contributed by atoms with Gasteiger partial charge in [-0.05, 0) is 29.7 Å². The molecule has 3 N–H and O–H groups in total. The van der Waals surface area contributed by atoms with E-state index in [-0.39, 0.29) is 28.3 Å². The van der Waals surface area contributed by atoms with Crippen LogP contribution in [0.15, 0.2) is 16.3 Å². The first-order chi connectivity index (χ1) is 9.19. The Kier molecular flexibility index (Phi) is 5.69. The van der Waals surface area contributed by atoms with Gasteiger partial charge in [0, 0.05) is 13.2 Å². The molecule has 1 heterocycles. The average Bonchev–Trinajstić information content (AvgIpc) is 2.84. The molecule has 1 aromatic rings. The van der Waals surface area contributed by atoms with Gasteiger partial charge in [0.1, 0.15) is 9.77 Å². The lowest BCUT2D eigenvalue weighted by Crippen LogP contribution is -2.34. The van der Waals surface area contributed by atoms with Gasteiger partial charge in [0.25, 0.3) is 0 Å². The maximum absolute atomic E-state index is 12.1. The molecule has 20 heavy (non-hydrogen) atoms. The van der Waals surface area contributed by atoms with Crippen molar-refractivity contribution in [3.63, 3.8) is 0 Å². The van der Waals surface area contributed by atoms with Gasteiger partial charge in [-0.1, -0.05) is 13.8 Å². The third-order valence-electron chi connectivity index (χ3n) is 2.87. The zero-order chi connectivity index (χ0) is 15.4. The second kappa shape index (κ2) is 6.66. The molecule has 0 aliphatic carbocycles. The molecule has 6 nitrogen and oxygen atoms in total. The van der Waals surface area contributed by atoms with Gasteiger partial charge in [-0.3, -0.25) is 0 Å². The predicted octanol–water partition coefficient (Wildman–Crippen LogP) is 1.52. The summed E-state index contributed by atoms with van der Waals surface area (Å²) in [7, 11) is -3.83. The topological polar surface area (TPSA) is 104 Å². The van der Waals surface area contributed by atoms with E-state index in [1.165, 1.54) is 11.4 Å². The number of sulfonamides is 1. The molecule has 0 aliphatic heterocycles. The molecule has 0 spiro atoms. The van der Waals surface area contributed by atoms with Gasteiger partial charge in [0.15, 0.2) is 0 Å². The second-order valence-electron chi connectivity index (χ2n) is 5.24. The van der Waals surface area contributed by atoms with Crippen LogP contribution in [0.4, 0.5) is 0 Å². The van der Waals surface area contributed by atoms with Gasteiger partial charge >= 0.3 is 5.97 Å². The molecule has 1 aromatic heterocycles. The SMILES string of the molecule is CC(C)(CCCO)CNS(=O)(=O)c1ccsc1C(=O)O. The predicted molar refractivity (Wildman–Crippen MR) is 76.6 cm³/mol. The zero-order valence-corrected chi connectivity index (χ0v) is 13.1. The van der Waals surface area contributed by atoms with Crippen LogP contribution in [0.25, 0.3) is 0 Å². The second-order valence-corrected chi connectivity index (χ2v) is 7.89. The van der Waals surface area contributed by atoms with Crippen molar-refractivity contribution in [3.05, 3.63) is 16.3 Å². The Balaban J connectivity index is 2.80. The molecule has 8 heteroatoms. The van der Waals surface area contributed by atoms with Crippen molar-refractivity contribution in [2.75, 3.05) is 13.2 Å². The Labute approximate surface area is 122 Å². The summed E-state index contributed by atoms with van der Waals surface area (Å²) in [4.78, 5) is 10.6. The van der Waals surface area contributed by atoms with Gasteiger partial charge in [-0.2, -0.15) is 0 Å². The summed E-state index contributed by atoms with van der Waals surface area (Å²) in [5, 5.41) is 19.2. The number of aliphatic hydroxyl groups is 1. The number of thiophene rings is 1. The van der Waals surface area contributed by atoms with Crippen molar-refractivity contribution < 1.29 is 23.4 Å². The number of hydrogen-bond acceptors (Lipinski definition) is 5. The van der Waals surface area contributed by atoms with Crippen LogP contribution in [0.5, 0.6) is 0 Å². The molecule has 0 radical (unpaired) electrons. The normalized spacial score (nSPS) is 12.6. The number of carboxylic acids is 1. The van der Waals surface area contributed by atoms with E-state index in [2.05, 4.69) is 4.72 Å². The molecule has 0 amide bonds. The van der Waals surface area contributed by atoms with Crippen LogP contribution in [0.1, 0.15) is 36.4 Å². The molecule has 0 atom stereocenters. The highest BCUT2D eigenvalue weighted by Crippen LogP contribution is 2.24. The smallest absolute Gasteiger partial charge is 0.347 e. The van der Waals surface area contributed by atoms with Crippen molar-refractivity contribution in [1.82, 2.24) is 4.72 Å². The summed E-state index contributed by atoms with van der Waals surface area (Å²) in [5.74, 6) is -1.25. The van der Waals surface area contributed by atoms with Crippen LogP contribution >= 0.6 is 11.3 Å². The molecule has 0 saturated carbocycles. The molecule has 0 aromatic carbocycles. The molecule has 0 fully saturated rings. The maximum Gasteiger partial charge on any atom is 0.347 e. The van der Waals surface area contributed by atoms with Crippen molar-refractivity contribution in [2.45, 2.75) is 31.6 Å². The fourth-order valence-corrected chi connectivity index (χ4v) is 4.18. The van der Waals surface area contributed by atoms with Crippen LogP contribution < -0.4 is 4.72 Å². The standard InChI is InChI=1S/C12H19NO5S2/c1-12(2,5-3-6-14)8-13-20(17,18)9-4-7-19-10(9)11(15)16/h4,7,13-14H,3,5-6,8H2,1-2H3,(H,15,16). The van der Waals surface area contributed by atoms with Gasteiger partial charge < -0.3 is 10.2 Å². The van der Waals surface area contributed by atoms with Crippen LogP contribution in [-0.4, -0.2) is 37.8 Å². The van der Waals surface area contributed by atoms with Crippen LogP contribution in [-0.2, 0) is 10.0 Å². The van der Waals surface area contributed by atoms with E-state index in [0.29, 0.717) is 12.8 Å². The number of rotatable bonds is 8. The lowest BCUT2D eigenvalue weighted by atomic mass is 9.88. The van der Waals surface area contributed by atoms with E-state index in [0.717, 1.165) is 11.3 Å². The molecule has 0 saturated heterocycles. The summed E-state index contributed by atoms with van der Waals surface area (Å²) in [6.07, 6.45) is 1.26. The largest absolute Gasteiger partial charge is 0.477 e. The highest BCUT2D eigenvalue weighted by molar-refractivity contribution is 7.89. The van der Waals surface area contributed by atoms with E-state index in [9.17, 15) is 13.2 Å². The lowest BCUT2D eigenvalue weighted by Gasteiger charge is -2.24. The van der Waals surface area contributed by atoms with Crippen molar-refractivity contribution in [2.24, 2.45) is 5.41 Å². The number of aromatic carboxylic acids is 1. The van der Waals surface area contributed by atoms with E-state index in [1.54, 1.807) is 0 Å². The molecule has 0 bridgehead atoms. The fourth-order valence-electron chi connectivity index (χ4n) is 1.68. The first kappa shape index (κ1) is 17.1.